The molecule has 11 heteroatoms. The maximum atomic E-state index is 14.0. The topological polar surface area (TPSA) is 150 Å². The number of nitro groups is 1. The van der Waals surface area contributed by atoms with Gasteiger partial charge < -0.3 is 20.1 Å². The van der Waals surface area contributed by atoms with E-state index < -0.39 is 47.2 Å². The molecule has 2 aliphatic rings. The summed E-state index contributed by atoms with van der Waals surface area (Å²) in [4.78, 5) is 39.8. The summed E-state index contributed by atoms with van der Waals surface area (Å²) in [5.41, 5.74) is 3.21. The van der Waals surface area contributed by atoms with Crippen LogP contribution < -0.4 is 9.64 Å². The molecule has 50 heavy (non-hydrogen) atoms. The second-order valence-electron chi connectivity index (χ2n) is 12.4. The van der Waals surface area contributed by atoms with Crippen LogP contribution in [0.2, 0.25) is 0 Å². The average Bonchev–Trinajstić information content (AvgIpc) is 3.38. The Labute approximate surface area is 297 Å². The fourth-order valence-corrected chi connectivity index (χ4v) is 7.39. The van der Waals surface area contributed by atoms with Crippen molar-refractivity contribution in [3.63, 3.8) is 0 Å². The third-order valence-corrected chi connectivity index (χ3v) is 9.84. The number of ether oxygens (including phenoxy) is 1. The molecule has 1 saturated heterocycles. The Kier molecular flexibility index (Phi) is 10.6. The van der Waals surface area contributed by atoms with Crippen molar-refractivity contribution in [3.8, 4) is 11.5 Å². The molecule has 6 rings (SSSR count). The summed E-state index contributed by atoms with van der Waals surface area (Å²) in [6, 6.07) is 29.2. The molecule has 4 aromatic rings. The zero-order valence-corrected chi connectivity index (χ0v) is 28.5. The van der Waals surface area contributed by atoms with E-state index in [-0.39, 0.29) is 36.6 Å². The summed E-state index contributed by atoms with van der Waals surface area (Å²) in [6.45, 7) is -0.501. The number of anilines is 1. The van der Waals surface area contributed by atoms with Gasteiger partial charge in [-0.05, 0) is 84.0 Å². The number of phenolic OH excluding ortho intramolecular Hbond substituents is 1. The van der Waals surface area contributed by atoms with Gasteiger partial charge in [-0.15, -0.1) is 0 Å². The lowest BCUT2D eigenvalue weighted by Gasteiger charge is -2.36. The number of carbonyl (C=O) groups is 2. The largest absolute Gasteiger partial charge is 0.507 e. The standard InChI is InChI=1S/C39H35BrN2O8/c40-28-15-17-34(44)26(19-28)18-25(24-8-3-1-4-9-24)14-16-35(45)36-27(23-50-31-12-5-2-6-13-31)20-32-37(33(36)22-43)39(47)41(38(32)46)29-10-7-11-30(21-29)42(48)49/h1-13,15,17-19,21,32-33,35,37,43-45H,14,16,20,22-23H2/b25-18-/t32-,33+,35-,37-/m1/s1. The maximum absolute atomic E-state index is 14.0. The molecule has 1 aliphatic carbocycles. The molecule has 1 fully saturated rings. The van der Waals surface area contributed by atoms with Crippen molar-refractivity contribution in [2.45, 2.75) is 25.4 Å². The van der Waals surface area contributed by atoms with E-state index in [9.17, 15) is 35.0 Å². The Morgan fingerprint density at radius 1 is 0.980 bits per heavy atom. The highest BCUT2D eigenvalue weighted by Crippen LogP contribution is 2.48. The normalized spacial score (nSPS) is 19.8. The first kappa shape index (κ1) is 34.8. The van der Waals surface area contributed by atoms with Crippen LogP contribution in [0.1, 0.15) is 30.4 Å². The number of rotatable bonds is 12. The van der Waals surface area contributed by atoms with E-state index in [1.165, 1.54) is 24.3 Å². The smallest absolute Gasteiger partial charge is 0.271 e. The number of aromatic hydroxyl groups is 1. The second kappa shape index (κ2) is 15.2. The van der Waals surface area contributed by atoms with Crippen molar-refractivity contribution in [1.82, 2.24) is 0 Å². The summed E-state index contributed by atoms with van der Waals surface area (Å²) in [5, 5.41) is 44.9. The van der Waals surface area contributed by atoms with Gasteiger partial charge in [0.25, 0.3) is 5.69 Å². The maximum Gasteiger partial charge on any atom is 0.271 e. The molecule has 0 unspecified atom stereocenters. The van der Waals surface area contributed by atoms with Crippen LogP contribution in [0.25, 0.3) is 11.6 Å². The highest BCUT2D eigenvalue weighted by Gasteiger charge is 2.55. The lowest BCUT2D eigenvalue weighted by Crippen LogP contribution is -2.40. The zero-order chi connectivity index (χ0) is 35.4. The minimum Gasteiger partial charge on any atom is -0.507 e. The highest BCUT2D eigenvalue weighted by atomic mass is 79.9. The SMILES string of the molecule is O=C1[C@@H]2[C@@H](CC(COc3ccccc3)=C([C@H](O)CC/C(=C/c3cc(Br)ccc3O)c3ccccc3)[C@@H]2CO)C(=O)N1c1cccc([N+](=O)[O-])c1. The lowest BCUT2D eigenvalue weighted by molar-refractivity contribution is -0.384. The van der Waals surface area contributed by atoms with Gasteiger partial charge in [0.15, 0.2) is 0 Å². The van der Waals surface area contributed by atoms with E-state index in [4.69, 9.17) is 4.74 Å². The molecular weight excluding hydrogens is 704 g/mol. The Balaban J connectivity index is 1.35. The van der Waals surface area contributed by atoms with Crippen LogP contribution >= 0.6 is 15.9 Å². The molecule has 256 valence electrons. The quantitative estimate of drug-likeness (QED) is 0.0465. The van der Waals surface area contributed by atoms with Crippen LogP contribution in [0.3, 0.4) is 0 Å². The van der Waals surface area contributed by atoms with Crippen molar-refractivity contribution >= 4 is 50.8 Å². The van der Waals surface area contributed by atoms with Gasteiger partial charge in [0.05, 0.1) is 35.2 Å². The number of halogens is 1. The zero-order valence-electron chi connectivity index (χ0n) is 26.9. The number of carbonyl (C=O) groups excluding carboxylic acids is 2. The highest BCUT2D eigenvalue weighted by molar-refractivity contribution is 9.10. The third-order valence-electron chi connectivity index (χ3n) is 9.35. The van der Waals surface area contributed by atoms with Crippen LogP contribution in [0, 0.1) is 27.9 Å². The fourth-order valence-electron chi connectivity index (χ4n) is 7.01. The van der Waals surface area contributed by atoms with Gasteiger partial charge in [-0.25, -0.2) is 4.90 Å². The minimum atomic E-state index is -1.12. The van der Waals surface area contributed by atoms with E-state index in [1.54, 1.807) is 30.3 Å². The van der Waals surface area contributed by atoms with Crippen molar-refractivity contribution < 1.29 is 34.6 Å². The first-order chi connectivity index (χ1) is 24.2. The Hall–Kier alpha value is -5.10. The molecule has 4 aromatic carbocycles. The van der Waals surface area contributed by atoms with Gasteiger partial charge in [0, 0.05) is 28.1 Å². The summed E-state index contributed by atoms with van der Waals surface area (Å²) in [7, 11) is 0. The molecule has 0 spiro atoms. The Morgan fingerprint density at radius 3 is 2.40 bits per heavy atom. The van der Waals surface area contributed by atoms with Crippen LogP contribution in [0.4, 0.5) is 11.4 Å². The lowest BCUT2D eigenvalue weighted by atomic mass is 9.68. The number of benzene rings is 4. The molecule has 2 amide bonds. The number of para-hydroxylation sites is 1. The molecular formula is C39H35BrN2O8. The molecule has 10 nitrogen and oxygen atoms in total. The Morgan fingerprint density at radius 2 is 1.70 bits per heavy atom. The van der Waals surface area contributed by atoms with Gasteiger partial charge in [-0.3, -0.25) is 19.7 Å². The number of hydrogen-bond donors (Lipinski definition) is 3. The summed E-state index contributed by atoms with van der Waals surface area (Å²) in [5.74, 6) is -3.18. The minimum absolute atomic E-state index is 0.0156. The summed E-state index contributed by atoms with van der Waals surface area (Å²) < 4.78 is 6.89. The molecule has 0 saturated carbocycles. The number of fused-ring (bicyclic) bond motifs is 1. The number of aliphatic hydroxyl groups excluding tert-OH is 2. The number of imide groups is 1. The number of allylic oxidation sites excluding steroid dienone is 1. The number of aliphatic hydroxyl groups is 2. The number of amides is 2. The number of nitrogens with zero attached hydrogens (tertiary/aromatic N) is 2. The third kappa shape index (κ3) is 7.25. The average molecular weight is 740 g/mol. The van der Waals surface area contributed by atoms with E-state index in [1.807, 2.05) is 54.6 Å². The van der Waals surface area contributed by atoms with Crippen LogP contribution in [-0.4, -0.2) is 51.4 Å². The first-order valence-electron chi connectivity index (χ1n) is 16.2. The van der Waals surface area contributed by atoms with E-state index >= 15 is 0 Å². The molecule has 0 radical (unpaired) electrons. The molecule has 3 N–H and O–H groups in total. The van der Waals surface area contributed by atoms with Gasteiger partial charge in [-0.2, -0.15) is 0 Å². The van der Waals surface area contributed by atoms with E-state index in [0.717, 1.165) is 20.5 Å². The van der Waals surface area contributed by atoms with Gasteiger partial charge in [0.1, 0.15) is 18.1 Å². The first-order valence-corrected chi connectivity index (χ1v) is 17.0. The monoisotopic (exact) mass is 738 g/mol. The molecule has 1 aliphatic heterocycles. The van der Waals surface area contributed by atoms with E-state index in [0.29, 0.717) is 28.9 Å². The van der Waals surface area contributed by atoms with Crippen molar-refractivity contribution in [2.24, 2.45) is 17.8 Å². The predicted molar refractivity (Wildman–Crippen MR) is 192 cm³/mol. The van der Waals surface area contributed by atoms with Crippen LogP contribution in [-0.2, 0) is 9.59 Å². The van der Waals surface area contributed by atoms with Crippen molar-refractivity contribution in [2.75, 3.05) is 18.1 Å². The van der Waals surface area contributed by atoms with Crippen molar-refractivity contribution in [3.05, 3.63) is 140 Å². The van der Waals surface area contributed by atoms with Crippen LogP contribution in [0.5, 0.6) is 11.5 Å². The van der Waals surface area contributed by atoms with Gasteiger partial charge in [0.2, 0.25) is 11.8 Å². The predicted octanol–water partition coefficient (Wildman–Crippen LogP) is 6.94. The number of non-ortho nitro benzene ring substituents is 1. The second-order valence-corrected chi connectivity index (χ2v) is 13.3. The number of phenols is 1. The molecule has 0 bridgehead atoms. The van der Waals surface area contributed by atoms with Crippen LogP contribution in [0.15, 0.2) is 119 Å². The number of nitro benzene ring substituents is 1. The number of hydrogen-bond acceptors (Lipinski definition) is 8. The van der Waals surface area contributed by atoms with Gasteiger partial charge in [-0.1, -0.05) is 70.5 Å². The summed E-state index contributed by atoms with van der Waals surface area (Å²) >= 11 is 3.46. The fraction of sp³-hybridized carbons (Fsp3) is 0.231. The molecule has 1 heterocycles. The molecule has 0 aromatic heterocycles. The van der Waals surface area contributed by atoms with Crippen molar-refractivity contribution in [1.29, 1.82) is 0 Å². The Bertz CT molecular complexity index is 1960. The van der Waals surface area contributed by atoms with Gasteiger partial charge >= 0.3 is 0 Å². The van der Waals surface area contributed by atoms with E-state index in [2.05, 4.69) is 15.9 Å². The molecule has 4 atom stereocenters. The summed E-state index contributed by atoms with van der Waals surface area (Å²) in [6.07, 6.45) is 1.41.